The number of aliphatic hydroxyl groups excluding tert-OH is 1. The molecule has 3 N–H and O–H groups in total. The normalized spacial score (nSPS) is 15.6. The van der Waals surface area contributed by atoms with E-state index in [1.54, 1.807) is 0 Å². The van der Waals surface area contributed by atoms with Gasteiger partial charge >= 0.3 is 0 Å². The fraction of sp³-hybridized carbons (Fsp3) is 0.294. The van der Waals surface area contributed by atoms with Crippen molar-refractivity contribution in [3.05, 3.63) is 70.7 Å². The number of benzene rings is 2. The van der Waals surface area contributed by atoms with E-state index >= 15 is 0 Å². The van der Waals surface area contributed by atoms with E-state index in [4.69, 9.17) is 17.3 Å². The van der Waals surface area contributed by atoms with Crippen LogP contribution in [-0.2, 0) is 11.8 Å². The van der Waals surface area contributed by atoms with Crippen molar-refractivity contribution in [1.82, 2.24) is 0 Å². The molecule has 2 nitrogen and oxygen atoms in total. The minimum atomic E-state index is -0.845. The van der Waals surface area contributed by atoms with Crippen LogP contribution in [-0.4, -0.2) is 11.3 Å². The SMILES string of the molecule is CC(Cc1ccccc1Cl)(C[C@H](N)O)c1ccccc1. The number of aliphatic hydroxyl groups is 1. The van der Waals surface area contributed by atoms with Crippen LogP contribution in [0.3, 0.4) is 0 Å². The van der Waals surface area contributed by atoms with Gasteiger partial charge in [-0.2, -0.15) is 0 Å². The summed E-state index contributed by atoms with van der Waals surface area (Å²) in [6.07, 6.45) is 0.385. The molecule has 1 unspecified atom stereocenters. The molecule has 0 heterocycles. The predicted octanol–water partition coefficient (Wildman–Crippen LogP) is 3.51. The summed E-state index contributed by atoms with van der Waals surface area (Å²) >= 11 is 6.26. The lowest BCUT2D eigenvalue weighted by molar-refractivity contribution is 0.140. The maximum absolute atomic E-state index is 9.64. The molecule has 2 aromatic carbocycles. The fourth-order valence-electron chi connectivity index (χ4n) is 2.66. The molecule has 0 amide bonds. The molecular weight excluding hydrogens is 270 g/mol. The van der Waals surface area contributed by atoms with Gasteiger partial charge in [-0.15, -0.1) is 0 Å². The van der Waals surface area contributed by atoms with Crippen LogP contribution in [0.2, 0.25) is 5.02 Å². The average Bonchev–Trinajstić information content (AvgIpc) is 2.42. The van der Waals surface area contributed by atoms with E-state index in [0.717, 1.165) is 22.6 Å². The van der Waals surface area contributed by atoms with Gasteiger partial charge in [0.05, 0.1) is 0 Å². The van der Waals surface area contributed by atoms with Gasteiger partial charge < -0.3 is 10.8 Å². The van der Waals surface area contributed by atoms with Crippen LogP contribution in [0.15, 0.2) is 54.6 Å². The minimum absolute atomic E-state index is 0.250. The molecule has 0 aliphatic carbocycles. The van der Waals surface area contributed by atoms with Gasteiger partial charge in [0.15, 0.2) is 0 Å². The van der Waals surface area contributed by atoms with Crippen molar-refractivity contribution in [2.24, 2.45) is 5.73 Å². The summed E-state index contributed by atoms with van der Waals surface area (Å²) in [6.45, 7) is 2.11. The largest absolute Gasteiger partial charge is 0.379 e. The van der Waals surface area contributed by atoms with Crippen LogP contribution in [0.5, 0.6) is 0 Å². The van der Waals surface area contributed by atoms with Gasteiger partial charge in [-0.1, -0.05) is 67.1 Å². The van der Waals surface area contributed by atoms with Crippen molar-refractivity contribution in [2.45, 2.75) is 31.4 Å². The Hall–Kier alpha value is -1.35. The molecule has 3 heteroatoms. The quantitative estimate of drug-likeness (QED) is 0.828. The highest BCUT2D eigenvalue weighted by molar-refractivity contribution is 6.31. The average molecular weight is 290 g/mol. The summed E-state index contributed by atoms with van der Waals surface area (Å²) in [5.41, 5.74) is 7.61. The third kappa shape index (κ3) is 3.60. The van der Waals surface area contributed by atoms with Crippen molar-refractivity contribution < 1.29 is 5.11 Å². The molecule has 0 aliphatic heterocycles. The molecule has 0 fully saturated rings. The second-order valence-corrected chi connectivity index (χ2v) is 5.87. The van der Waals surface area contributed by atoms with Gasteiger partial charge in [0.2, 0.25) is 0 Å². The zero-order valence-corrected chi connectivity index (χ0v) is 12.3. The molecule has 2 atom stereocenters. The monoisotopic (exact) mass is 289 g/mol. The van der Waals surface area contributed by atoms with Gasteiger partial charge in [0.25, 0.3) is 0 Å². The van der Waals surface area contributed by atoms with E-state index in [-0.39, 0.29) is 5.41 Å². The van der Waals surface area contributed by atoms with E-state index in [2.05, 4.69) is 19.1 Å². The Labute approximate surface area is 125 Å². The van der Waals surface area contributed by atoms with Crippen molar-refractivity contribution in [2.75, 3.05) is 0 Å². The highest BCUT2D eigenvalue weighted by Crippen LogP contribution is 2.34. The van der Waals surface area contributed by atoms with Crippen LogP contribution in [0.4, 0.5) is 0 Å². The fourth-order valence-corrected chi connectivity index (χ4v) is 2.86. The lowest BCUT2D eigenvalue weighted by Gasteiger charge is -2.32. The molecule has 106 valence electrons. The number of halogens is 1. The Kier molecular flexibility index (Phi) is 4.81. The summed E-state index contributed by atoms with van der Waals surface area (Å²) in [7, 11) is 0. The van der Waals surface area contributed by atoms with Gasteiger partial charge in [-0.3, -0.25) is 0 Å². The Morgan fingerprint density at radius 3 is 2.30 bits per heavy atom. The Balaban J connectivity index is 2.35. The van der Waals surface area contributed by atoms with Crippen molar-refractivity contribution >= 4 is 11.6 Å². The second kappa shape index (κ2) is 6.40. The van der Waals surface area contributed by atoms with Crippen LogP contribution in [0, 0.1) is 0 Å². The zero-order chi connectivity index (χ0) is 14.6. The molecule has 0 bridgehead atoms. The number of hydrogen-bond acceptors (Lipinski definition) is 2. The standard InChI is InChI=1S/C17H20ClNO/c1-17(12-16(19)20,14-8-3-2-4-9-14)11-13-7-5-6-10-15(13)18/h2-10,16,20H,11-12,19H2,1H3/t16-,17?/m1/s1. The highest BCUT2D eigenvalue weighted by Gasteiger charge is 2.29. The molecule has 0 spiro atoms. The Morgan fingerprint density at radius 1 is 1.10 bits per heavy atom. The summed E-state index contributed by atoms with van der Waals surface area (Å²) in [5.74, 6) is 0. The minimum Gasteiger partial charge on any atom is -0.379 e. The van der Waals surface area contributed by atoms with Crippen molar-refractivity contribution in [1.29, 1.82) is 0 Å². The summed E-state index contributed by atoms with van der Waals surface area (Å²) in [4.78, 5) is 0. The summed E-state index contributed by atoms with van der Waals surface area (Å²) < 4.78 is 0. The number of nitrogens with two attached hydrogens (primary N) is 1. The maximum atomic E-state index is 9.64. The Morgan fingerprint density at radius 2 is 1.70 bits per heavy atom. The molecule has 0 saturated heterocycles. The molecule has 0 aromatic heterocycles. The van der Waals surface area contributed by atoms with Crippen molar-refractivity contribution in [3.63, 3.8) is 0 Å². The Bertz CT molecular complexity index is 556. The van der Waals surface area contributed by atoms with Crippen LogP contribution in [0.25, 0.3) is 0 Å². The van der Waals surface area contributed by atoms with E-state index in [9.17, 15) is 5.11 Å². The van der Waals surface area contributed by atoms with Gasteiger partial charge in [0.1, 0.15) is 6.23 Å². The zero-order valence-electron chi connectivity index (χ0n) is 11.6. The first-order chi connectivity index (χ1) is 9.51. The first-order valence-electron chi connectivity index (χ1n) is 6.74. The molecule has 0 aliphatic rings. The molecule has 20 heavy (non-hydrogen) atoms. The van der Waals surface area contributed by atoms with E-state index in [0.29, 0.717) is 6.42 Å². The molecule has 0 radical (unpaired) electrons. The number of rotatable bonds is 5. The van der Waals surface area contributed by atoms with Crippen LogP contribution >= 0.6 is 11.6 Å². The first-order valence-corrected chi connectivity index (χ1v) is 7.12. The third-order valence-electron chi connectivity index (χ3n) is 3.67. The van der Waals surface area contributed by atoms with Crippen LogP contribution < -0.4 is 5.73 Å². The smallest absolute Gasteiger partial charge is 0.103 e. The van der Waals surface area contributed by atoms with Gasteiger partial charge in [-0.25, -0.2) is 0 Å². The van der Waals surface area contributed by atoms with Crippen LogP contribution in [0.1, 0.15) is 24.5 Å². The van der Waals surface area contributed by atoms with Crippen molar-refractivity contribution in [3.8, 4) is 0 Å². The van der Waals surface area contributed by atoms with E-state index in [1.165, 1.54) is 0 Å². The first kappa shape index (κ1) is 15.0. The molecule has 2 rings (SSSR count). The maximum Gasteiger partial charge on any atom is 0.103 e. The molecule has 0 saturated carbocycles. The van der Waals surface area contributed by atoms with Gasteiger partial charge in [0, 0.05) is 10.4 Å². The number of hydrogen-bond donors (Lipinski definition) is 2. The third-order valence-corrected chi connectivity index (χ3v) is 4.04. The highest BCUT2D eigenvalue weighted by atomic mass is 35.5. The molecular formula is C17H20ClNO. The predicted molar refractivity (Wildman–Crippen MR) is 83.8 cm³/mol. The second-order valence-electron chi connectivity index (χ2n) is 5.47. The molecule has 2 aromatic rings. The topological polar surface area (TPSA) is 46.2 Å². The summed E-state index contributed by atoms with van der Waals surface area (Å²) in [5, 5.41) is 10.4. The lowest BCUT2D eigenvalue weighted by Crippen LogP contribution is -2.34. The van der Waals surface area contributed by atoms with E-state index in [1.807, 2.05) is 42.5 Å². The van der Waals surface area contributed by atoms with Gasteiger partial charge in [-0.05, 0) is 30.0 Å². The lowest BCUT2D eigenvalue weighted by atomic mass is 9.74. The summed E-state index contributed by atoms with van der Waals surface area (Å²) in [6, 6.07) is 17.9. The van der Waals surface area contributed by atoms with E-state index < -0.39 is 6.23 Å².